The van der Waals surface area contributed by atoms with Crippen LogP contribution in [0.25, 0.3) is 11.1 Å². The van der Waals surface area contributed by atoms with Crippen molar-refractivity contribution in [1.29, 1.82) is 0 Å². The Morgan fingerprint density at radius 3 is 2.84 bits per heavy atom. The molecule has 0 aliphatic carbocycles. The van der Waals surface area contributed by atoms with E-state index in [1.54, 1.807) is 24.4 Å². The fourth-order valence-corrected chi connectivity index (χ4v) is 2.65. The standard InChI is InChI=1S/C17H21N5O2.ClH/c1-22(2)17-20-9-13(11-4-3-5-12(8-11)16(18)23)15(21-17)14-10-19-6-7-24-14;/h3-5,8-9,14,19H,6-7,10H2,1-2H3,(H2,18,23);1H. The monoisotopic (exact) mass is 363 g/mol. The van der Waals surface area contributed by atoms with Gasteiger partial charge in [-0.1, -0.05) is 12.1 Å². The minimum absolute atomic E-state index is 0. The quantitative estimate of drug-likeness (QED) is 0.852. The Morgan fingerprint density at radius 2 is 2.20 bits per heavy atom. The van der Waals surface area contributed by atoms with Crippen LogP contribution >= 0.6 is 12.4 Å². The van der Waals surface area contributed by atoms with Crippen LogP contribution in [0.3, 0.4) is 0 Å². The van der Waals surface area contributed by atoms with Crippen LogP contribution in [0.2, 0.25) is 0 Å². The van der Waals surface area contributed by atoms with Crippen LogP contribution < -0.4 is 16.0 Å². The number of morpholine rings is 1. The molecule has 3 N–H and O–H groups in total. The van der Waals surface area contributed by atoms with E-state index in [2.05, 4.69) is 15.3 Å². The molecule has 0 bridgehead atoms. The molecule has 1 saturated heterocycles. The minimum Gasteiger partial charge on any atom is -0.369 e. The molecule has 0 radical (unpaired) electrons. The smallest absolute Gasteiger partial charge is 0.248 e. The fourth-order valence-electron chi connectivity index (χ4n) is 2.65. The number of halogens is 1. The molecule has 8 heteroatoms. The van der Waals surface area contributed by atoms with Crippen LogP contribution in [-0.2, 0) is 4.74 Å². The summed E-state index contributed by atoms with van der Waals surface area (Å²) in [6.45, 7) is 2.15. The van der Waals surface area contributed by atoms with E-state index in [1.165, 1.54) is 0 Å². The molecular weight excluding hydrogens is 342 g/mol. The summed E-state index contributed by atoms with van der Waals surface area (Å²) < 4.78 is 5.88. The van der Waals surface area contributed by atoms with Gasteiger partial charge in [0, 0.05) is 44.5 Å². The average molecular weight is 364 g/mol. The van der Waals surface area contributed by atoms with Gasteiger partial charge in [-0.25, -0.2) is 9.97 Å². The van der Waals surface area contributed by atoms with Crippen molar-refractivity contribution in [2.45, 2.75) is 6.10 Å². The lowest BCUT2D eigenvalue weighted by Gasteiger charge is -2.26. The average Bonchev–Trinajstić information content (AvgIpc) is 2.62. The Hall–Kier alpha value is -2.22. The summed E-state index contributed by atoms with van der Waals surface area (Å²) in [6, 6.07) is 7.18. The maximum atomic E-state index is 11.5. The first-order chi connectivity index (χ1) is 11.6. The topological polar surface area (TPSA) is 93.4 Å². The van der Waals surface area contributed by atoms with Gasteiger partial charge in [0.1, 0.15) is 6.10 Å². The van der Waals surface area contributed by atoms with E-state index >= 15 is 0 Å². The molecule has 2 heterocycles. The Morgan fingerprint density at radius 1 is 1.40 bits per heavy atom. The number of rotatable bonds is 4. The number of benzene rings is 1. The number of primary amides is 1. The summed E-state index contributed by atoms with van der Waals surface area (Å²) in [7, 11) is 3.79. The van der Waals surface area contributed by atoms with Crippen molar-refractivity contribution in [1.82, 2.24) is 15.3 Å². The van der Waals surface area contributed by atoms with Crippen molar-refractivity contribution in [2.75, 3.05) is 38.7 Å². The van der Waals surface area contributed by atoms with Crippen LogP contribution in [0, 0.1) is 0 Å². The summed E-state index contributed by atoms with van der Waals surface area (Å²) in [6.07, 6.45) is 1.61. The van der Waals surface area contributed by atoms with Crippen LogP contribution in [0.1, 0.15) is 22.2 Å². The lowest BCUT2D eigenvalue weighted by atomic mass is 10.00. The summed E-state index contributed by atoms with van der Waals surface area (Å²) in [4.78, 5) is 22.4. The van der Waals surface area contributed by atoms with Crippen molar-refractivity contribution in [2.24, 2.45) is 5.73 Å². The number of carbonyl (C=O) groups is 1. The number of nitrogens with one attached hydrogen (secondary N) is 1. The molecule has 1 aromatic heterocycles. The Balaban J connectivity index is 0.00000225. The second kappa shape index (κ2) is 8.24. The second-order valence-electron chi connectivity index (χ2n) is 5.87. The SMILES string of the molecule is CN(C)c1ncc(-c2cccc(C(N)=O)c2)c(C2CNCCO2)n1.Cl. The highest BCUT2D eigenvalue weighted by atomic mass is 35.5. The van der Waals surface area contributed by atoms with E-state index < -0.39 is 5.91 Å². The van der Waals surface area contributed by atoms with Gasteiger partial charge in [-0.15, -0.1) is 12.4 Å². The zero-order valence-corrected chi connectivity index (χ0v) is 15.0. The van der Waals surface area contributed by atoms with Crippen LogP contribution in [0.4, 0.5) is 5.95 Å². The van der Waals surface area contributed by atoms with E-state index in [9.17, 15) is 4.79 Å². The van der Waals surface area contributed by atoms with E-state index in [1.807, 2.05) is 25.1 Å². The normalized spacial score (nSPS) is 16.8. The fraction of sp³-hybridized carbons (Fsp3) is 0.353. The molecule has 1 amide bonds. The number of nitrogens with zero attached hydrogens (tertiary/aromatic N) is 3. The molecule has 1 fully saturated rings. The Labute approximate surface area is 153 Å². The molecule has 25 heavy (non-hydrogen) atoms. The van der Waals surface area contributed by atoms with Crippen molar-refractivity contribution in [3.8, 4) is 11.1 Å². The number of hydrogen-bond donors (Lipinski definition) is 2. The van der Waals surface area contributed by atoms with Crippen LogP contribution in [-0.4, -0.2) is 49.7 Å². The van der Waals surface area contributed by atoms with E-state index in [0.29, 0.717) is 24.7 Å². The van der Waals surface area contributed by atoms with Gasteiger partial charge in [-0.2, -0.15) is 0 Å². The number of anilines is 1. The Bertz CT molecular complexity index is 748. The predicted molar refractivity (Wildman–Crippen MR) is 99.1 cm³/mol. The largest absolute Gasteiger partial charge is 0.369 e. The maximum absolute atomic E-state index is 11.5. The lowest BCUT2D eigenvalue weighted by molar-refractivity contribution is 0.0254. The van der Waals surface area contributed by atoms with E-state index in [4.69, 9.17) is 10.5 Å². The van der Waals surface area contributed by atoms with Gasteiger partial charge in [0.25, 0.3) is 0 Å². The summed E-state index contributed by atoms with van der Waals surface area (Å²) in [5.74, 6) is 0.161. The van der Waals surface area contributed by atoms with Crippen molar-refractivity contribution >= 4 is 24.3 Å². The van der Waals surface area contributed by atoms with Gasteiger partial charge in [0.05, 0.1) is 12.3 Å². The third kappa shape index (κ3) is 4.25. The molecular formula is C17H22ClN5O2. The van der Waals surface area contributed by atoms with Crippen LogP contribution in [0.5, 0.6) is 0 Å². The van der Waals surface area contributed by atoms with Gasteiger partial charge in [0.2, 0.25) is 11.9 Å². The van der Waals surface area contributed by atoms with E-state index in [0.717, 1.165) is 23.4 Å². The van der Waals surface area contributed by atoms with Gasteiger partial charge < -0.3 is 20.7 Å². The second-order valence-corrected chi connectivity index (χ2v) is 5.87. The first-order valence-corrected chi connectivity index (χ1v) is 7.83. The number of ether oxygens (including phenoxy) is 1. The lowest BCUT2D eigenvalue weighted by Crippen LogP contribution is -2.34. The first-order valence-electron chi connectivity index (χ1n) is 7.83. The third-order valence-corrected chi connectivity index (χ3v) is 3.90. The van der Waals surface area contributed by atoms with Gasteiger partial charge in [0.15, 0.2) is 0 Å². The van der Waals surface area contributed by atoms with Gasteiger partial charge in [-0.05, 0) is 17.7 Å². The first kappa shape index (κ1) is 19.1. The highest BCUT2D eigenvalue weighted by molar-refractivity contribution is 5.94. The molecule has 2 aromatic rings. The van der Waals surface area contributed by atoms with Crippen LogP contribution in [0.15, 0.2) is 30.5 Å². The summed E-state index contributed by atoms with van der Waals surface area (Å²) in [5, 5.41) is 3.32. The number of carbonyl (C=O) groups excluding carboxylic acids is 1. The summed E-state index contributed by atoms with van der Waals surface area (Å²) in [5.41, 5.74) is 8.35. The summed E-state index contributed by atoms with van der Waals surface area (Å²) >= 11 is 0. The highest BCUT2D eigenvalue weighted by Gasteiger charge is 2.23. The molecule has 0 saturated carbocycles. The number of aromatic nitrogens is 2. The molecule has 134 valence electrons. The molecule has 3 rings (SSSR count). The van der Waals surface area contributed by atoms with Crippen molar-refractivity contribution < 1.29 is 9.53 Å². The van der Waals surface area contributed by atoms with Crippen molar-refractivity contribution in [3.63, 3.8) is 0 Å². The van der Waals surface area contributed by atoms with Crippen molar-refractivity contribution in [3.05, 3.63) is 41.7 Å². The highest BCUT2D eigenvalue weighted by Crippen LogP contribution is 2.30. The van der Waals surface area contributed by atoms with Gasteiger partial charge in [-0.3, -0.25) is 4.79 Å². The van der Waals surface area contributed by atoms with Gasteiger partial charge >= 0.3 is 0 Å². The molecule has 1 aliphatic rings. The molecule has 0 spiro atoms. The maximum Gasteiger partial charge on any atom is 0.248 e. The number of nitrogens with two attached hydrogens (primary N) is 1. The zero-order chi connectivity index (χ0) is 17.1. The Kier molecular flexibility index (Phi) is 6.30. The third-order valence-electron chi connectivity index (χ3n) is 3.90. The molecule has 1 aliphatic heterocycles. The molecule has 7 nitrogen and oxygen atoms in total. The predicted octanol–water partition coefficient (Wildman–Crippen LogP) is 1.39. The number of hydrogen-bond acceptors (Lipinski definition) is 6. The van der Waals surface area contributed by atoms with E-state index in [-0.39, 0.29) is 18.5 Å². The number of amides is 1. The molecule has 1 aromatic carbocycles. The molecule has 1 atom stereocenters. The zero-order valence-electron chi connectivity index (χ0n) is 14.2. The molecule has 1 unspecified atom stereocenters. The minimum atomic E-state index is -0.459.